The lowest BCUT2D eigenvalue weighted by atomic mass is 9.99. The van der Waals surface area contributed by atoms with Gasteiger partial charge in [-0.15, -0.1) is 11.3 Å². The smallest absolute Gasteiger partial charge is 0.264 e. The number of thiophene rings is 1. The highest BCUT2D eigenvalue weighted by Crippen LogP contribution is 2.37. The molecular weight excluding hydrogens is 382 g/mol. The molecule has 1 aromatic carbocycles. The van der Waals surface area contributed by atoms with Crippen molar-refractivity contribution in [1.82, 2.24) is 19.8 Å². The van der Waals surface area contributed by atoms with Gasteiger partial charge in [0.1, 0.15) is 17.0 Å². The van der Waals surface area contributed by atoms with E-state index in [0.29, 0.717) is 0 Å². The fraction of sp³-hybridized carbons (Fsp3) is 0.409. The molecule has 0 N–H and O–H groups in total. The normalized spacial score (nSPS) is 17.6. The van der Waals surface area contributed by atoms with E-state index >= 15 is 0 Å². The third kappa shape index (κ3) is 3.28. The molecule has 1 saturated heterocycles. The van der Waals surface area contributed by atoms with Gasteiger partial charge in [0.15, 0.2) is 0 Å². The van der Waals surface area contributed by atoms with Gasteiger partial charge < -0.3 is 14.7 Å². The first-order valence-corrected chi connectivity index (χ1v) is 11.0. The number of likely N-dealkylation sites (N-methyl/N-ethyl adjacent to an activating group) is 1. The summed E-state index contributed by atoms with van der Waals surface area (Å²) in [7, 11) is 2.10. The molecule has 0 saturated carbocycles. The van der Waals surface area contributed by atoms with Crippen LogP contribution in [-0.4, -0.2) is 65.4 Å². The number of fused-ring (bicyclic) bond motifs is 2. The van der Waals surface area contributed by atoms with E-state index in [9.17, 15) is 4.79 Å². The van der Waals surface area contributed by atoms with Gasteiger partial charge in [0.25, 0.3) is 5.91 Å². The van der Waals surface area contributed by atoms with Crippen LogP contribution in [0.5, 0.6) is 0 Å². The maximum absolute atomic E-state index is 13.2. The van der Waals surface area contributed by atoms with Crippen molar-refractivity contribution in [2.75, 3.05) is 44.7 Å². The molecule has 0 unspecified atom stereocenters. The second-order valence-electron chi connectivity index (χ2n) is 7.97. The molecule has 3 aromatic rings. The molecule has 2 aromatic heterocycles. The molecule has 0 spiro atoms. The number of aryl methyl sites for hydroxylation is 1. The van der Waals surface area contributed by atoms with Crippen LogP contribution in [0.15, 0.2) is 30.6 Å². The summed E-state index contributed by atoms with van der Waals surface area (Å²) in [6.45, 7) is 7.24. The Bertz CT molecular complexity index is 1070. The molecule has 0 bridgehead atoms. The molecule has 1 fully saturated rings. The minimum atomic E-state index is 0.133. The fourth-order valence-electron chi connectivity index (χ4n) is 4.33. The van der Waals surface area contributed by atoms with Gasteiger partial charge in [0.05, 0.1) is 10.3 Å². The van der Waals surface area contributed by atoms with Crippen LogP contribution in [0.4, 0.5) is 5.82 Å². The molecule has 150 valence electrons. The summed E-state index contributed by atoms with van der Waals surface area (Å²) in [6, 6.07) is 8.62. The molecule has 2 aliphatic rings. The van der Waals surface area contributed by atoms with Crippen LogP contribution in [0, 0.1) is 6.92 Å². The van der Waals surface area contributed by atoms with Crippen LogP contribution in [0.3, 0.4) is 0 Å². The lowest BCUT2D eigenvalue weighted by molar-refractivity contribution is 0.0668. The maximum Gasteiger partial charge on any atom is 0.264 e. The number of anilines is 1. The number of piperazine rings is 1. The molecule has 6 nitrogen and oxygen atoms in total. The molecule has 0 radical (unpaired) electrons. The van der Waals surface area contributed by atoms with Crippen LogP contribution >= 0.6 is 11.3 Å². The van der Waals surface area contributed by atoms with E-state index in [2.05, 4.69) is 51.1 Å². The number of amides is 1. The largest absolute Gasteiger partial charge is 0.351 e. The van der Waals surface area contributed by atoms with Crippen LogP contribution in [0.25, 0.3) is 10.2 Å². The number of carbonyl (C=O) groups excluding carboxylic acids is 1. The number of benzene rings is 1. The monoisotopic (exact) mass is 407 g/mol. The molecule has 0 aliphatic carbocycles. The van der Waals surface area contributed by atoms with Crippen molar-refractivity contribution in [2.45, 2.75) is 19.9 Å². The standard InChI is InChI=1S/C22H25N5OS/c1-15-18-20(27-8-7-16-5-3-4-6-17(16)13-27)23-14-24-21(18)29-19(15)22(28)26-11-9-25(2)10-12-26/h3-6,14H,7-13H2,1-2H3. The Morgan fingerprint density at radius 2 is 1.79 bits per heavy atom. The van der Waals surface area contributed by atoms with E-state index in [0.717, 1.165) is 72.2 Å². The van der Waals surface area contributed by atoms with E-state index in [-0.39, 0.29) is 5.91 Å². The topological polar surface area (TPSA) is 52.6 Å². The maximum atomic E-state index is 13.2. The van der Waals surface area contributed by atoms with Crippen LogP contribution in [0.2, 0.25) is 0 Å². The average Bonchev–Trinajstić information content (AvgIpc) is 3.10. The number of rotatable bonds is 2. The van der Waals surface area contributed by atoms with Crippen molar-refractivity contribution in [2.24, 2.45) is 0 Å². The summed E-state index contributed by atoms with van der Waals surface area (Å²) in [5, 5.41) is 1.04. The second kappa shape index (κ2) is 7.39. The zero-order chi connectivity index (χ0) is 20.0. The van der Waals surface area contributed by atoms with Crippen molar-refractivity contribution in [3.63, 3.8) is 0 Å². The minimum absolute atomic E-state index is 0.133. The predicted octanol–water partition coefficient (Wildman–Crippen LogP) is 2.95. The van der Waals surface area contributed by atoms with Crippen molar-refractivity contribution in [1.29, 1.82) is 0 Å². The van der Waals surface area contributed by atoms with Crippen LogP contribution in [0.1, 0.15) is 26.4 Å². The number of hydrogen-bond donors (Lipinski definition) is 0. The number of aromatic nitrogens is 2. The Morgan fingerprint density at radius 3 is 2.59 bits per heavy atom. The van der Waals surface area contributed by atoms with Gasteiger partial charge in [-0.1, -0.05) is 24.3 Å². The first kappa shape index (κ1) is 18.5. The van der Waals surface area contributed by atoms with Gasteiger partial charge in [-0.25, -0.2) is 9.97 Å². The Labute approximate surface area is 174 Å². The Hall–Kier alpha value is -2.51. The summed E-state index contributed by atoms with van der Waals surface area (Å²) < 4.78 is 0. The van der Waals surface area contributed by atoms with E-state index in [1.807, 2.05) is 11.8 Å². The van der Waals surface area contributed by atoms with Gasteiger partial charge in [-0.05, 0) is 37.1 Å². The van der Waals surface area contributed by atoms with E-state index in [1.165, 1.54) is 22.5 Å². The lowest BCUT2D eigenvalue weighted by Gasteiger charge is -2.32. The fourth-order valence-corrected chi connectivity index (χ4v) is 5.44. The highest BCUT2D eigenvalue weighted by Gasteiger charge is 2.27. The minimum Gasteiger partial charge on any atom is -0.351 e. The predicted molar refractivity (Wildman–Crippen MR) is 117 cm³/mol. The van der Waals surface area contributed by atoms with Crippen molar-refractivity contribution in [3.05, 3.63) is 52.2 Å². The highest BCUT2D eigenvalue weighted by atomic mass is 32.1. The molecule has 29 heavy (non-hydrogen) atoms. The molecule has 5 rings (SSSR count). The first-order valence-electron chi connectivity index (χ1n) is 10.2. The molecular formula is C22H25N5OS. The van der Waals surface area contributed by atoms with Gasteiger partial charge in [0, 0.05) is 39.3 Å². The number of nitrogens with zero attached hydrogens (tertiary/aromatic N) is 5. The Kier molecular flexibility index (Phi) is 4.72. The summed E-state index contributed by atoms with van der Waals surface area (Å²) in [4.78, 5) is 30.6. The highest BCUT2D eigenvalue weighted by molar-refractivity contribution is 7.20. The molecule has 0 atom stereocenters. The third-order valence-corrected chi connectivity index (χ3v) is 7.31. The zero-order valence-corrected chi connectivity index (χ0v) is 17.7. The summed E-state index contributed by atoms with van der Waals surface area (Å²) >= 11 is 1.51. The lowest BCUT2D eigenvalue weighted by Crippen LogP contribution is -2.47. The second-order valence-corrected chi connectivity index (χ2v) is 8.97. The number of hydrogen-bond acceptors (Lipinski definition) is 6. The molecule has 1 amide bonds. The Balaban J connectivity index is 1.50. The number of carbonyl (C=O) groups is 1. The van der Waals surface area contributed by atoms with Gasteiger partial charge in [-0.2, -0.15) is 0 Å². The van der Waals surface area contributed by atoms with Gasteiger partial charge >= 0.3 is 0 Å². The van der Waals surface area contributed by atoms with E-state index in [4.69, 9.17) is 0 Å². The van der Waals surface area contributed by atoms with Crippen LogP contribution in [-0.2, 0) is 13.0 Å². The van der Waals surface area contributed by atoms with E-state index in [1.54, 1.807) is 6.33 Å². The summed E-state index contributed by atoms with van der Waals surface area (Å²) in [6.07, 6.45) is 2.65. The van der Waals surface area contributed by atoms with Gasteiger partial charge in [0.2, 0.25) is 0 Å². The zero-order valence-electron chi connectivity index (χ0n) is 16.9. The van der Waals surface area contributed by atoms with Crippen molar-refractivity contribution < 1.29 is 4.79 Å². The van der Waals surface area contributed by atoms with Gasteiger partial charge in [-0.3, -0.25) is 4.79 Å². The average molecular weight is 408 g/mol. The van der Waals surface area contributed by atoms with Crippen LogP contribution < -0.4 is 4.90 Å². The van der Waals surface area contributed by atoms with Crippen molar-refractivity contribution in [3.8, 4) is 0 Å². The first-order chi connectivity index (χ1) is 14.1. The SMILES string of the molecule is Cc1c(C(=O)N2CCN(C)CC2)sc2ncnc(N3CCc4ccccc4C3)c12. The Morgan fingerprint density at radius 1 is 1.03 bits per heavy atom. The van der Waals surface area contributed by atoms with Crippen molar-refractivity contribution >= 4 is 33.3 Å². The molecule has 4 heterocycles. The summed E-state index contributed by atoms with van der Waals surface area (Å²) in [5.74, 6) is 1.09. The third-order valence-electron chi connectivity index (χ3n) is 6.12. The summed E-state index contributed by atoms with van der Waals surface area (Å²) in [5.41, 5.74) is 3.79. The quantitative estimate of drug-likeness (QED) is 0.654. The molecule has 2 aliphatic heterocycles. The van der Waals surface area contributed by atoms with E-state index < -0.39 is 0 Å². The molecule has 7 heteroatoms.